The maximum Gasteiger partial charge on any atom is 0.230 e. The number of aliphatic hydroxyl groups is 1. The van der Waals surface area contributed by atoms with Crippen molar-refractivity contribution in [2.24, 2.45) is 0 Å². The Kier molecular flexibility index (Phi) is 5.08. The van der Waals surface area contributed by atoms with Gasteiger partial charge in [-0.05, 0) is 31.4 Å². The fraction of sp³-hybridized carbons (Fsp3) is 0.556. The molecule has 124 valence electrons. The number of likely N-dealkylation sites (tertiary alicyclic amines) is 1. The molecule has 0 aliphatic carbocycles. The predicted molar refractivity (Wildman–Crippen MR) is 87.8 cm³/mol. The molecule has 2 aromatic rings. The van der Waals surface area contributed by atoms with E-state index in [1.54, 1.807) is 0 Å². The predicted octanol–water partition coefficient (Wildman–Crippen LogP) is 3.28. The maximum atomic E-state index is 10.5. The zero-order valence-corrected chi connectivity index (χ0v) is 13.9. The van der Waals surface area contributed by atoms with Crippen LogP contribution in [0.15, 0.2) is 34.7 Å². The van der Waals surface area contributed by atoms with Crippen LogP contribution in [0.4, 0.5) is 0 Å². The molecule has 2 heterocycles. The molecule has 5 nitrogen and oxygen atoms in total. The summed E-state index contributed by atoms with van der Waals surface area (Å²) < 4.78 is 5.72. The second-order valence-electron chi connectivity index (χ2n) is 6.62. The van der Waals surface area contributed by atoms with Crippen molar-refractivity contribution < 1.29 is 9.52 Å². The van der Waals surface area contributed by atoms with Gasteiger partial charge in [0, 0.05) is 12.0 Å². The molecule has 0 amide bonds. The Morgan fingerprint density at radius 2 is 2.04 bits per heavy atom. The topological polar surface area (TPSA) is 62.4 Å². The number of hydrogen-bond donors (Lipinski definition) is 1. The van der Waals surface area contributed by atoms with Crippen molar-refractivity contribution in [3.05, 3.63) is 47.7 Å². The standard InChI is InChI=1S/C18H25N3O2/c1-13(2)18-20-19-17(23-18)12-21-10-6-9-15(21)11-16(22)14-7-4-3-5-8-14/h3-5,7-8,13,15-16,22H,6,9-12H2,1-2H3/t15-,16-/m0/s1. The van der Waals surface area contributed by atoms with Gasteiger partial charge in [-0.25, -0.2) is 0 Å². The zero-order chi connectivity index (χ0) is 16.2. The Morgan fingerprint density at radius 1 is 1.26 bits per heavy atom. The Morgan fingerprint density at radius 3 is 2.74 bits per heavy atom. The molecule has 1 aliphatic rings. The van der Waals surface area contributed by atoms with Crippen LogP contribution in [0.25, 0.3) is 0 Å². The van der Waals surface area contributed by atoms with Crippen molar-refractivity contribution >= 4 is 0 Å². The third-order valence-corrected chi connectivity index (χ3v) is 4.49. The van der Waals surface area contributed by atoms with Gasteiger partial charge in [0.25, 0.3) is 0 Å². The van der Waals surface area contributed by atoms with Crippen molar-refractivity contribution in [2.75, 3.05) is 6.54 Å². The smallest absolute Gasteiger partial charge is 0.230 e. The van der Waals surface area contributed by atoms with Crippen LogP contribution in [-0.4, -0.2) is 32.8 Å². The van der Waals surface area contributed by atoms with E-state index < -0.39 is 6.10 Å². The van der Waals surface area contributed by atoms with Crippen LogP contribution in [0.1, 0.15) is 62.5 Å². The minimum Gasteiger partial charge on any atom is -0.424 e. The number of hydrogen-bond acceptors (Lipinski definition) is 5. The molecule has 1 N–H and O–H groups in total. The van der Waals surface area contributed by atoms with E-state index in [2.05, 4.69) is 15.1 Å². The quantitative estimate of drug-likeness (QED) is 0.886. The molecular weight excluding hydrogens is 290 g/mol. The second-order valence-corrected chi connectivity index (χ2v) is 6.62. The van der Waals surface area contributed by atoms with Gasteiger partial charge < -0.3 is 9.52 Å². The third-order valence-electron chi connectivity index (χ3n) is 4.49. The fourth-order valence-electron chi connectivity index (χ4n) is 3.18. The summed E-state index contributed by atoms with van der Waals surface area (Å²) in [5.41, 5.74) is 0.985. The average molecular weight is 315 g/mol. The SMILES string of the molecule is CC(C)c1nnc(CN2CCC[C@H]2C[C@H](O)c2ccccc2)o1. The van der Waals surface area contributed by atoms with Crippen LogP contribution in [0.3, 0.4) is 0 Å². The van der Waals surface area contributed by atoms with Crippen LogP contribution in [-0.2, 0) is 6.54 Å². The molecule has 0 saturated carbocycles. The molecule has 2 atom stereocenters. The molecule has 0 radical (unpaired) electrons. The lowest BCUT2D eigenvalue weighted by Crippen LogP contribution is -2.30. The van der Waals surface area contributed by atoms with Crippen LogP contribution >= 0.6 is 0 Å². The number of benzene rings is 1. The Labute approximate surface area is 137 Å². The van der Waals surface area contributed by atoms with Crippen molar-refractivity contribution in [1.82, 2.24) is 15.1 Å². The Balaban J connectivity index is 1.61. The molecule has 1 aromatic carbocycles. The lowest BCUT2D eigenvalue weighted by Gasteiger charge is -2.25. The minimum absolute atomic E-state index is 0.255. The summed E-state index contributed by atoms with van der Waals surface area (Å²) in [6.07, 6.45) is 2.58. The fourth-order valence-corrected chi connectivity index (χ4v) is 3.18. The molecule has 1 saturated heterocycles. The molecule has 3 rings (SSSR count). The van der Waals surface area contributed by atoms with Gasteiger partial charge >= 0.3 is 0 Å². The third kappa shape index (κ3) is 3.98. The molecule has 0 bridgehead atoms. The molecule has 1 aliphatic heterocycles. The van der Waals surface area contributed by atoms with Crippen LogP contribution < -0.4 is 0 Å². The Hall–Kier alpha value is -1.72. The molecule has 0 spiro atoms. The second kappa shape index (κ2) is 7.23. The number of aromatic nitrogens is 2. The van der Waals surface area contributed by atoms with E-state index >= 15 is 0 Å². The van der Waals surface area contributed by atoms with Crippen molar-refractivity contribution in [2.45, 2.75) is 57.7 Å². The van der Waals surface area contributed by atoms with Gasteiger partial charge in [0.15, 0.2) is 0 Å². The Bertz CT molecular complexity index is 612. The number of nitrogens with zero attached hydrogens (tertiary/aromatic N) is 3. The first-order chi connectivity index (χ1) is 11.1. The summed E-state index contributed by atoms with van der Waals surface area (Å²) in [5.74, 6) is 1.63. The van der Waals surface area contributed by atoms with Crippen LogP contribution in [0.5, 0.6) is 0 Å². The largest absolute Gasteiger partial charge is 0.424 e. The summed E-state index contributed by atoms with van der Waals surface area (Å²) in [4.78, 5) is 2.35. The van der Waals surface area contributed by atoms with Crippen molar-refractivity contribution in [3.8, 4) is 0 Å². The van der Waals surface area contributed by atoms with Gasteiger partial charge in [-0.15, -0.1) is 10.2 Å². The number of rotatable bonds is 6. The van der Waals surface area contributed by atoms with Gasteiger partial charge in [0.05, 0.1) is 12.6 Å². The molecule has 5 heteroatoms. The molecule has 1 aromatic heterocycles. The zero-order valence-electron chi connectivity index (χ0n) is 13.9. The molecule has 0 unspecified atom stereocenters. The van der Waals surface area contributed by atoms with E-state index in [0.717, 1.165) is 31.4 Å². The summed E-state index contributed by atoms with van der Waals surface area (Å²) in [5, 5.41) is 18.7. The lowest BCUT2D eigenvalue weighted by molar-refractivity contribution is 0.113. The van der Waals surface area contributed by atoms with Gasteiger partial charge in [-0.1, -0.05) is 44.2 Å². The van der Waals surface area contributed by atoms with Crippen LogP contribution in [0, 0.1) is 0 Å². The van der Waals surface area contributed by atoms with Gasteiger partial charge in [0.1, 0.15) is 0 Å². The van der Waals surface area contributed by atoms with Crippen LogP contribution in [0.2, 0.25) is 0 Å². The van der Waals surface area contributed by atoms with Crippen molar-refractivity contribution in [1.29, 1.82) is 0 Å². The highest BCUT2D eigenvalue weighted by Crippen LogP contribution is 2.28. The first-order valence-electron chi connectivity index (χ1n) is 8.43. The van der Waals surface area contributed by atoms with E-state index in [9.17, 15) is 5.11 Å². The minimum atomic E-state index is -0.421. The van der Waals surface area contributed by atoms with E-state index in [1.165, 1.54) is 0 Å². The van der Waals surface area contributed by atoms with Crippen molar-refractivity contribution in [3.63, 3.8) is 0 Å². The molecular formula is C18H25N3O2. The van der Waals surface area contributed by atoms with Gasteiger partial charge in [-0.2, -0.15) is 0 Å². The first kappa shape index (κ1) is 16.1. The van der Waals surface area contributed by atoms with Gasteiger partial charge in [-0.3, -0.25) is 4.90 Å². The summed E-state index contributed by atoms with van der Waals surface area (Å²) >= 11 is 0. The van der Waals surface area contributed by atoms with E-state index in [4.69, 9.17) is 4.42 Å². The highest BCUT2D eigenvalue weighted by molar-refractivity contribution is 5.17. The summed E-state index contributed by atoms with van der Waals surface area (Å²) in [6.45, 7) is 5.79. The first-order valence-corrected chi connectivity index (χ1v) is 8.43. The average Bonchev–Trinajstić information content (AvgIpc) is 3.19. The highest BCUT2D eigenvalue weighted by atomic mass is 16.4. The lowest BCUT2D eigenvalue weighted by atomic mass is 10.0. The normalized spacial score (nSPS) is 20.3. The van der Waals surface area contributed by atoms with E-state index in [0.29, 0.717) is 24.4 Å². The monoisotopic (exact) mass is 315 g/mol. The summed E-state index contributed by atoms with van der Waals surface area (Å²) in [6, 6.07) is 10.2. The maximum absolute atomic E-state index is 10.5. The highest BCUT2D eigenvalue weighted by Gasteiger charge is 2.28. The van der Waals surface area contributed by atoms with Gasteiger partial charge in [0.2, 0.25) is 11.8 Å². The molecule has 1 fully saturated rings. The number of aliphatic hydroxyl groups excluding tert-OH is 1. The molecule has 23 heavy (non-hydrogen) atoms. The van der Waals surface area contributed by atoms with E-state index in [-0.39, 0.29) is 5.92 Å². The van der Waals surface area contributed by atoms with E-state index in [1.807, 2.05) is 44.2 Å². The summed E-state index contributed by atoms with van der Waals surface area (Å²) in [7, 11) is 0.